The van der Waals surface area contributed by atoms with Gasteiger partial charge in [-0.25, -0.2) is 9.48 Å². The van der Waals surface area contributed by atoms with E-state index in [1.165, 1.54) is 4.68 Å². The van der Waals surface area contributed by atoms with Gasteiger partial charge in [-0.05, 0) is 36.8 Å². The molecular formula is C16H14N4O3. The summed E-state index contributed by atoms with van der Waals surface area (Å²) in [5.74, 6) is -0.567. The summed E-state index contributed by atoms with van der Waals surface area (Å²) in [6.45, 7) is 1.93. The number of pyridine rings is 1. The molecule has 0 aliphatic carbocycles. The van der Waals surface area contributed by atoms with E-state index in [0.717, 1.165) is 5.56 Å². The summed E-state index contributed by atoms with van der Waals surface area (Å²) in [5.41, 5.74) is 2.53. The van der Waals surface area contributed by atoms with Crippen molar-refractivity contribution in [2.24, 2.45) is 0 Å². The van der Waals surface area contributed by atoms with Gasteiger partial charge in [-0.1, -0.05) is 11.3 Å². The molecule has 7 nitrogen and oxygen atoms in total. The van der Waals surface area contributed by atoms with Gasteiger partial charge in [0, 0.05) is 18.0 Å². The fraction of sp³-hybridized carbons (Fsp3) is 0.125. The number of carboxylic acid groups (broad SMARTS) is 1. The molecule has 0 amide bonds. The fourth-order valence-electron chi connectivity index (χ4n) is 2.33. The van der Waals surface area contributed by atoms with Gasteiger partial charge in [0.05, 0.1) is 7.11 Å². The molecule has 0 radical (unpaired) electrons. The second-order valence-corrected chi connectivity index (χ2v) is 4.91. The van der Waals surface area contributed by atoms with Crippen molar-refractivity contribution in [3.8, 4) is 22.7 Å². The lowest BCUT2D eigenvalue weighted by atomic mass is 10.1. The number of carbonyl (C=O) groups is 1. The van der Waals surface area contributed by atoms with Gasteiger partial charge in [-0.15, -0.1) is 5.10 Å². The van der Waals surface area contributed by atoms with Crippen molar-refractivity contribution >= 4 is 5.97 Å². The van der Waals surface area contributed by atoms with Crippen molar-refractivity contribution in [3.63, 3.8) is 0 Å². The van der Waals surface area contributed by atoms with Gasteiger partial charge in [0.1, 0.15) is 17.1 Å². The van der Waals surface area contributed by atoms with E-state index < -0.39 is 5.97 Å². The molecule has 0 aliphatic rings. The van der Waals surface area contributed by atoms with Crippen LogP contribution < -0.4 is 4.74 Å². The lowest BCUT2D eigenvalue weighted by Crippen LogP contribution is -2.05. The lowest BCUT2D eigenvalue weighted by molar-refractivity contribution is 0.0691. The van der Waals surface area contributed by atoms with E-state index in [9.17, 15) is 9.90 Å². The van der Waals surface area contributed by atoms with Crippen LogP contribution in [-0.4, -0.2) is 38.2 Å². The molecule has 2 heterocycles. The average molecular weight is 310 g/mol. The van der Waals surface area contributed by atoms with Crippen LogP contribution in [0, 0.1) is 6.92 Å². The van der Waals surface area contributed by atoms with E-state index >= 15 is 0 Å². The molecule has 1 N–H and O–H groups in total. The Bertz CT molecular complexity index is 859. The van der Waals surface area contributed by atoms with Crippen LogP contribution in [0.3, 0.4) is 0 Å². The standard InChI is InChI=1S/C16H14N4O3/c1-10-3-4-13(23-2)12(9-10)20-15(11-5-7-17-8-6-11)14(16(21)22)18-19-20/h3-9H,1-2H3,(H,21,22). The number of methoxy groups -OCH3 is 1. The van der Waals surface area contributed by atoms with Gasteiger partial charge in [0.25, 0.3) is 0 Å². The van der Waals surface area contributed by atoms with Crippen LogP contribution in [0.2, 0.25) is 0 Å². The van der Waals surface area contributed by atoms with Crippen molar-refractivity contribution in [1.29, 1.82) is 0 Å². The topological polar surface area (TPSA) is 90.1 Å². The minimum atomic E-state index is -1.14. The molecule has 0 spiro atoms. The number of ether oxygens (including phenoxy) is 1. The zero-order chi connectivity index (χ0) is 16.4. The normalized spacial score (nSPS) is 10.5. The SMILES string of the molecule is COc1ccc(C)cc1-n1nnc(C(=O)O)c1-c1ccncc1. The quantitative estimate of drug-likeness (QED) is 0.795. The first-order valence-electron chi connectivity index (χ1n) is 6.86. The van der Waals surface area contributed by atoms with E-state index in [1.54, 1.807) is 31.6 Å². The Labute approximate surface area is 132 Å². The summed E-state index contributed by atoms with van der Waals surface area (Å²) in [4.78, 5) is 15.5. The molecule has 0 unspecified atom stereocenters. The molecule has 0 aliphatic heterocycles. The average Bonchev–Trinajstić information content (AvgIpc) is 3.00. The summed E-state index contributed by atoms with van der Waals surface area (Å²) in [6.07, 6.45) is 3.18. The Morgan fingerprint density at radius 2 is 1.96 bits per heavy atom. The highest BCUT2D eigenvalue weighted by atomic mass is 16.5. The molecule has 1 aromatic carbocycles. The van der Waals surface area contributed by atoms with Crippen molar-refractivity contribution in [3.05, 3.63) is 54.0 Å². The molecule has 116 valence electrons. The van der Waals surface area contributed by atoms with Crippen LogP contribution in [0.5, 0.6) is 5.75 Å². The van der Waals surface area contributed by atoms with Crippen molar-refractivity contribution < 1.29 is 14.6 Å². The first kappa shape index (κ1) is 14.7. The maximum atomic E-state index is 11.5. The number of hydrogen-bond donors (Lipinski definition) is 1. The van der Waals surface area contributed by atoms with Gasteiger partial charge >= 0.3 is 5.97 Å². The molecule has 2 aromatic heterocycles. The van der Waals surface area contributed by atoms with Crippen LogP contribution in [-0.2, 0) is 0 Å². The van der Waals surface area contributed by atoms with Crippen molar-refractivity contribution in [1.82, 2.24) is 20.0 Å². The lowest BCUT2D eigenvalue weighted by Gasteiger charge is -2.12. The fourth-order valence-corrected chi connectivity index (χ4v) is 2.33. The minimum absolute atomic E-state index is 0.125. The molecule has 0 saturated carbocycles. The largest absolute Gasteiger partial charge is 0.494 e. The molecule has 0 saturated heterocycles. The number of benzene rings is 1. The maximum absolute atomic E-state index is 11.5. The van der Waals surface area contributed by atoms with E-state index in [1.807, 2.05) is 25.1 Å². The zero-order valence-corrected chi connectivity index (χ0v) is 12.6. The Morgan fingerprint density at radius 3 is 2.61 bits per heavy atom. The number of rotatable bonds is 4. The first-order chi connectivity index (χ1) is 11.1. The highest BCUT2D eigenvalue weighted by Crippen LogP contribution is 2.30. The van der Waals surface area contributed by atoms with Crippen LogP contribution >= 0.6 is 0 Å². The van der Waals surface area contributed by atoms with Crippen LogP contribution in [0.1, 0.15) is 16.1 Å². The van der Waals surface area contributed by atoms with Gasteiger partial charge in [-0.2, -0.15) is 0 Å². The third kappa shape index (κ3) is 2.64. The molecule has 7 heteroatoms. The number of aryl methyl sites for hydroxylation is 1. The Hall–Kier alpha value is -3.22. The molecule has 23 heavy (non-hydrogen) atoms. The third-order valence-corrected chi connectivity index (χ3v) is 3.39. The predicted octanol–water partition coefficient (Wildman–Crippen LogP) is 2.34. The summed E-state index contributed by atoms with van der Waals surface area (Å²) < 4.78 is 6.84. The molecular weight excluding hydrogens is 296 g/mol. The predicted molar refractivity (Wildman–Crippen MR) is 82.8 cm³/mol. The minimum Gasteiger partial charge on any atom is -0.494 e. The van der Waals surface area contributed by atoms with E-state index in [2.05, 4.69) is 15.3 Å². The molecule has 3 aromatic rings. The number of nitrogens with zero attached hydrogens (tertiary/aromatic N) is 4. The summed E-state index contributed by atoms with van der Waals surface area (Å²) in [7, 11) is 1.55. The first-order valence-corrected chi connectivity index (χ1v) is 6.86. The Kier molecular flexibility index (Phi) is 3.76. The Balaban J connectivity index is 2.30. The van der Waals surface area contributed by atoms with E-state index in [0.29, 0.717) is 22.7 Å². The molecule has 3 rings (SSSR count). The smallest absolute Gasteiger partial charge is 0.358 e. The van der Waals surface area contributed by atoms with Gasteiger partial charge < -0.3 is 9.84 Å². The van der Waals surface area contributed by atoms with Gasteiger partial charge in [0.2, 0.25) is 0 Å². The van der Waals surface area contributed by atoms with Gasteiger partial charge in [-0.3, -0.25) is 4.98 Å². The zero-order valence-electron chi connectivity index (χ0n) is 12.6. The molecule has 0 fully saturated rings. The third-order valence-electron chi connectivity index (χ3n) is 3.39. The van der Waals surface area contributed by atoms with Crippen LogP contribution in [0.25, 0.3) is 16.9 Å². The second-order valence-electron chi connectivity index (χ2n) is 4.91. The van der Waals surface area contributed by atoms with E-state index in [-0.39, 0.29) is 5.69 Å². The van der Waals surface area contributed by atoms with Gasteiger partial charge in [0.15, 0.2) is 5.69 Å². The summed E-state index contributed by atoms with van der Waals surface area (Å²) in [6, 6.07) is 9.00. The van der Waals surface area contributed by atoms with E-state index in [4.69, 9.17) is 4.74 Å². The van der Waals surface area contributed by atoms with Crippen LogP contribution in [0.4, 0.5) is 0 Å². The Morgan fingerprint density at radius 1 is 1.22 bits per heavy atom. The summed E-state index contributed by atoms with van der Waals surface area (Å²) >= 11 is 0. The highest BCUT2D eigenvalue weighted by molar-refractivity contribution is 5.93. The molecule has 0 bridgehead atoms. The highest BCUT2D eigenvalue weighted by Gasteiger charge is 2.23. The number of carboxylic acids is 1. The van der Waals surface area contributed by atoms with Crippen LogP contribution in [0.15, 0.2) is 42.7 Å². The maximum Gasteiger partial charge on any atom is 0.358 e. The monoisotopic (exact) mass is 310 g/mol. The number of aromatic nitrogens is 4. The second kappa shape index (κ2) is 5.88. The van der Waals surface area contributed by atoms with Crippen molar-refractivity contribution in [2.45, 2.75) is 6.92 Å². The molecule has 0 atom stereocenters. The van der Waals surface area contributed by atoms with Crippen molar-refractivity contribution in [2.75, 3.05) is 7.11 Å². The number of aromatic carboxylic acids is 1. The number of hydrogen-bond acceptors (Lipinski definition) is 5. The summed E-state index contributed by atoms with van der Waals surface area (Å²) in [5, 5.41) is 17.2.